The number of likely N-dealkylation sites (tertiary alicyclic amines) is 1. The van der Waals surface area contributed by atoms with Crippen molar-refractivity contribution in [1.82, 2.24) is 25.2 Å². The number of aromatic nitrogens is 4. The van der Waals surface area contributed by atoms with Crippen LogP contribution in [-0.2, 0) is 0 Å². The van der Waals surface area contributed by atoms with Crippen LogP contribution in [0.15, 0.2) is 27.5 Å². The summed E-state index contributed by atoms with van der Waals surface area (Å²) in [5, 5.41) is 8.26. The minimum Gasteiger partial charge on any atom is -0.361 e. The van der Waals surface area contributed by atoms with Crippen molar-refractivity contribution in [2.75, 3.05) is 13.1 Å². The highest BCUT2D eigenvalue weighted by Crippen LogP contribution is 2.29. The Labute approximate surface area is 148 Å². The molecule has 25 heavy (non-hydrogen) atoms. The molecule has 3 aromatic rings. The molecule has 0 aromatic carbocycles. The molecule has 1 aliphatic rings. The summed E-state index contributed by atoms with van der Waals surface area (Å²) >= 11 is 5.91. The highest BCUT2D eigenvalue weighted by molar-refractivity contribution is 6.30. The maximum absolute atomic E-state index is 12.6. The van der Waals surface area contributed by atoms with E-state index in [-0.39, 0.29) is 11.8 Å². The average Bonchev–Trinajstić information content (AvgIpc) is 3.35. The summed E-state index contributed by atoms with van der Waals surface area (Å²) in [6.45, 7) is 2.94. The van der Waals surface area contributed by atoms with E-state index in [1.54, 1.807) is 24.1 Å². The molecule has 1 atom stereocenters. The predicted octanol–water partition coefficient (Wildman–Crippen LogP) is 3.03. The standard InChI is InChI=1S/C16H16ClN5O3/c1-9-12(7-19-24-9)16(23)22-4-2-3-10(8-22)15-20-14(21-25-15)13-5-11(17)6-18-13/h5-7,10,18H,2-4,8H2,1H3. The zero-order valence-corrected chi connectivity index (χ0v) is 14.3. The Morgan fingerprint density at radius 2 is 2.32 bits per heavy atom. The molecule has 8 nitrogen and oxygen atoms in total. The fraction of sp³-hybridized carbons (Fsp3) is 0.375. The smallest absolute Gasteiger partial charge is 0.259 e. The van der Waals surface area contributed by atoms with Gasteiger partial charge in [0.05, 0.1) is 22.8 Å². The molecular weight excluding hydrogens is 346 g/mol. The van der Waals surface area contributed by atoms with Gasteiger partial charge >= 0.3 is 0 Å². The molecule has 1 N–H and O–H groups in total. The largest absolute Gasteiger partial charge is 0.361 e. The third-order valence-electron chi connectivity index (χ3n) is 4.37. The topological polar surface area (TPSA) is 101 Å². The molecule has 0 bridgehead atoms. The van der Waals surface area contributed by atoms with Gasteiger partial charge in [0.2, 0.25) is 11.7 Å². The molecule has 1 fully saturated rings. The van der Waals surface area contributed by atoms with Crippen LogP contribution >= 0.6 is 11.6 Å². The van der Waals surface area contributed by atoms with Gasteiger partial charge in [0.25, 0.3) is 5.91 Å². The van der Waals surface area contributed by atoms with Crippen molar-refractivity contribution >= 4 is 17.5 Å². The van der Waals surface area contributed by atoms with Gasteiger partial charge in [-0.15, -0.1) is 0 Å². The molecule has 130 valence electrons. The molecule has 1 aliphatic heterocycles. The summed E-state index contributed by atoms with van der Waals surface area (Å²) in [5.41, 5.74) is 1.19. The number of halogens is 1. The Kier molecular flexibility index (Phi) is 4.04. The van der Waals surface area contributed by atoms with Crippen molar-refractivity contribution in [3.63, 3.8) is 0 Å². The number of carbonyl (C=O) groups is 1. The van der Waals surface area contributed by atoms with Crippen LogP contribution in [0.5, 0.6) is 0 Å². The zero-order valence-electron chi connectivity index (χ0n) is 13.5. The van der Waals surface area contributed by atoms with Crippen molar-refractivity contribution in [3.05, 3.63) is 40.7 Å². The van der Waals surface area contributed by atoms with Crippen LogP contribution in [0.2, 0.25) is 5.02 Å². The molecule has 4 rings (SSSR count). The third-order valence-corrected chi connectivity index (χ3v) is 4.59. The molecule has 9 heteroatoms. The zero-order chi connectivity index (χ0) is 17.4. The molecule has 1 amide bonds. The lowest BCUT2D eigenvalue weighted by Gasteiger charge is -2.30. The molecule has 0 aliphatic carbocycles. The first-order chi connectivity index (χ1) is 12.1. The summed E-state index contributed by atoms with van der Waals surface area (Å²) in [7, 11) is 0. The van der Waals surface area contributed by atoms with Gasteiger partial charge in [-0.05, 0) is 25.8 Å². The van der Waals surface area contributed by atoms with Crippen LogP contribution in [0, 0.1) is 6.92 Å². The molecular formula is C16H16ClN5O3. The third kappa shape index (κ3) is 3.05. The fourth-order valence-corrected chi connectivity index (χ4v) is 3.21. The molecule has 1 unspecified atom stereocenters. The van der Waals surface area contributed by atoms with Crippen LogP contribution < -0.4 is 0 Å². The Morgan fingerprint density at radius 1 is 1.44 bits per heavy atom. The number of carbonyl (C=O) groups excluding carboxylic acids is 1. The van der Waals surface area contributed by atoms with Gasteiger partial charge in [-0.25, -0.2) is 0 Å². The molecule has 1 saturated heterocycles. The van der Waals surface area contributed by atoms with E-state index in [2.05, 4.69) is 20.3 Å². The van der Waals surface area contributed by atoms with E-state index >= 15 is 0 Å². The quantitative estimate of drug-likeness (QED) is 0.769. The van der Waals surface area contributed by atoms with Gasteiger partial charge in [0.15, 0.2) is 0 Å². The first kappa shape index (κ1) is 15.9. The molecule has 0 spiro atoms. The fourth-order valence-electron chi connectivity index (χ4n) is 3.04. The maximum atomic E-state index is 12.6. The summed E-state index contributed by atoms with van der Waals surface area (Å²) in [5.74, 6) is 1.43. The second-order valence-corrected chi connectivity index (χ2v) is 6.51. The number of amides is 1. The second-order valence-electron chi connectivity index (χ2n) is 6.07. The SMILES string of the molecule is Cc1oncc1C(=O)N1CCCC(c2nc(-c3cc(Cl)c[nH]3)no2)C1. The number of hydrogen-bond donors (Lipinski definition) is 1. The van der Waals surface area contributed by atoms with Crippen molar-refractivity contribution in [3.8, 4) is 11.5 Å². The first-order valence-corrected chi connectivity index (χ1v) is 8.38. The van der Waals surface area contributed by atoms with Gasteiger partial charge < -0.3 is 18.9 Å². The van der Waals surface area contributed by atoms with Crippen molar-refractivity contribution < 1.29 is 13.8 Å². The van der Waals surface area contributed by atoms with Crippen molar-refractivity contribution in [2.24, 2.45) is 0 Å². The van der Waals surface area contributed by atoms with E-state index < -0.39 is 0 Å². The van der Waals surface area contributed by atoms with Gasteiger partial charge in [0.1, 0.15) is 11.3 Å². The van der Waals surface area contributed by atoms with Crippen LogP contribution in [0.1, 0.15) is 40.8 Å². The summed E-state index contributed by atoms with van der Waals surface area (Å²) in [6.07, 6.45) is 4.88. The predicted molar refractivity (Wildman–Crippen MR) is 88.2 cm³/mol. The Hall–Kier alpha value is -2.61. The highest BCUT2D eigenvalue weighted by Gasteiger charge is 2.30. The molecule has 3 aromatic heterocycles. The van der Waals surface area contributed by atoms with Crippen LogP contribution in [0.25, 0.3) is 11.5 Å². The van der Waals surface area contributed by atoms with E-state index in [0.29, 0.717) is 46.8 Å². The lowest BCUT2D eigenvalue weighted by atomic mass is 9.97. The molecule has 0 radical (unpaired) electrons. The number of aromatic amines is 1. The normalized spacial score (nSPS) is 17.8. The number of aryl methyl sites for hydroxylation is 1. The van der Waals surface area contributed by atoms with Crippen LogP contribution in [-0.4, -0.2) is 44.2 Å². The van der Waals surface area contributed by atoms with E-state index in [9.17, 15) is 4.79 Å². The number of piperidine rings is 1. The lowest BCUT2D eigenvalue weighted by molar-refractivity contribution is 0.0694. The Morgan fingerprint density at radius 3 is 3.04 bits per heavy atom. The van der Waals surface area contributed by atoms with Crippen molar-refractivity contribution in [1.29, 1.82) is 0 Å². The monoisotopic (exact) mass is 361 g/mol. The average molecular weight is 362 g/mol. The molecule has 4 heterocycles. The van der Waals surface area contributed by atoms with Crippen LogP contribution in [0.4, 0.5) is 0 Å². The number of H-pyrrole nitrogens is 1. The summed E-state index contributed by atoms with van der Waals surface area (Å²) < 4.78 is 10.4. The molecule has 0 saturated carbocycles. The number of hydrogen-bond acceptors (Lipinski definition) is 6. The van der Waals surface area contributed by atoms with Crippen molar-refractivity contribution in [2.45, 2.75) is 25.7 Å². The number of nitrogens with one attached hydrogen (secondary N) is 1. The summed E-state index contributed by atoms with van der Waals surface area (Å²) in [4.78, 5) is 21.9. The minimum absolute atomic E-state index is 0.00421. The minimum atomic E-state index is -0.0839. The van der Waals surface area contributed by atoms with E-state index in [0.717, 1.165) is 12.8 Å². The number of nitrogens with zero attached hydrogens (tertiary/aromatic N) is 4. The number of rotatable bonds is 3. The van der Waals surface area contributed by atoms with E-state index in [1.165, 1.54) is 6.20 Å². The summed E-state index contributed by atoms with van der Waals surface area (Å²) in [6, 6.07) is 1.74. The van der Waals surface area contributed by atoms with Gasteiger partial charge in [0, 0.05) is 19.3 Å². The lowest BCUT2D eigenvalue weighted by Crippen LogP contribution is -2.39. The first-order valence-electron chi connectivity index (χ1n) is 8.00. The second kappa shape index (κ2) is 6.36. The Bertz CT molecular complexity index is 899. The van der Waals surface area contributed by atoms with E-state index in [4.69, 9.17) is 20.6 Å². The highest BCUT2D eigenvalue weighted by atomic mass is 35.5. The Balaban J connectivity index is 1.51. The van der Waals surface area contributed by atoms with Crippen LogP contribution in [0.3, 0.4) is 0 Å². The maximum Gasteiger partial charge on any atom is 0.259 e. The van der Waals surface area contributed by atoms with Gasteiger partial charge in [-0.2, -0.15) is 4.98 Å². The van der Waals surface area contributed by atoms with Gasteiger partial charge in [-0.1, -0.05) is 21.9 Å². The van der Waals surface area contributed by atoms with Gasteiger partial charge in [-0.3, -0.25) is 4.79 Å². The van der Waals surface area contributed by atoms with E-state index in [1.807, 2.05) is 0 Å².